The summed E-state index contributed by atoms with van der Waals surface area (Å²) in [4.78, 5) is 19.0. The van der Waals surface area contributed by atoms with Crippen LogP contribution in [0.3, 0.4) is 0 Å². The number of carbonyl (C=O) groups excluding carboxylic acids is 1. The van der Waals surface area contributed by atoms with Gasteiger partial charge in [-0.1, -0.05) is 13.5 Å². The number of hydrogen-bond donors (Lipinski definition) is 0. The van der Waals surface area contributed by atoms with Gasteiger partial charge >= 0.3 is 5.97 Å². The Kier molecular flexibility index (Phi) is 5.91. The summed E-state index contributed by atoms with van der Waals surface area (Å²) in [6, 6.07) is 0. The van der Waals surface area contributed by atoms with Crippen molar-refractivity contribution in [3.8, 4) is 0 Å². The molecule has 2 rings (SSSR count). The molecule has 0 aliphatic heterocycles. The Morgan fingerprint density at radius 1 is 1.31 bits per heavy atom. The third-order valence-corrected chi connectivity index (χ3v) is 5.15. The van der Waals surface area contributed by atoms with Crippen molar-refractivity contribution in [2.75, 3.05) is 7.11 Å². The summed E-state index contributed by atoms with van der Waals surface area (Å²) in [5.41, 5.74) is 4.27. The van der Waals surface area contributed by atoms with Crippen molar-refractivity contribution in [3.05, 3.63) is 46.2 Å². The number of methoxy groups -OCH3 is 1. The maximum absolute atomic E-state index is 12.8. The van der Waals surface area contributed by atoms with Crippen LogP contribution in [0.15, 0.2) is 18.9 Å². The molecule has 0 aromatic carbocycles. The van der Waals surface area contributed by atoms with Crippen molar-refractivity contribution in [1.82, 2.24) is 4.98 Å². The number of pyridine rings is 1. The number of fused-ring (bicyclic) bond motifs is 1. The molecule has 0 aliphatic carbocycles. The summed E-state index contributed by atoms with van der Waals surface area (Å²) in [7, 11) is 1.58. The predicted molar refractivity (Wildman–Crippen MR) is 109 cm³/mol. The number of nitrogens with zero attached hydrogens (tertiary/aromatic N) is 1. The molecule has 4 nitrogen and oxygen atoms in total. The average Bonchev–Trinajstić information content (AvgIpc) is 2.91. The molecule has 140 valence electrons. The van der Waals surface area contributed by atoms with E-state index in [1.807, 2.05) is 27.7 Å². The lowest BCUT2D eigenvalue weighted by molar-refractivity contribution is 0.00750. The van der Waals surface area contributed by atoms with Crippen LogP contribution in [0.4, 0.5) is 0 Å². The molecule has 0 N–H and O–H groups in total. The summed E-state index contributed by atoms with van der Waals surface area (Å²) in [5, 5.41) is 0.976. The van der Waals surface area contributed by atoms with Crippen LogP contribution < -0.4 is 0 Å². The van der Waals surface area contributed by atoms with Gasteiger partial charge in [0.1, 0.15) is 15.3 Å². The maximum Gasteiger partial charge on any atom is 0.349 e. The highest BCUT2D eigenvalue weighted by atomic mass is 32.1. The molecule has 0 amide bonds. The van der Waals surface area contributed by atoms with Gasteiger partial charge in [0.05, 0.1) is 13.4 Å². The number of allylic oxidation sites excluding steroid dienone is 2. The highest BCUT2D eigenvalue weighted by Gasteiger charge is 2.27. The van der Waals surface area contributed by atoms with Crippen LogP contribution in [0.5, 0.6) is 0 Å². The average molecular weight is 374 g/mol. The maximum atomic E-state index is 12.8. The monoisotopic (exact) mass is 373 g/mol. The standard InChI is InChI=1S/C21H27NO3S/c1-9-15-13(3)17-16(12(2)10-11-24-8)18(20(23)25-21(5,6)7)26-19(17)22-14(15)4/h10-11H,2,9H2,1,3-8H3/b11-10-. The van der Waals surface area contributed by atoms with Crippen LogP contribution in [0.1, 0.15) is 59.8 Å². The van der Waals surface area contributed by atoms with E-state index >= 15 is 0 Å². The van der Waals surface area contributed by atoms with E-state index in [2.05, 4.69) is 20.4 Å². The van der Waals surface area contributed by atoms with Crippen molar-refractivity contribution in [1.29, 1.82) is 0 Å². The van der Waals surface area contributed by atoms with Crippen molar-refractivity contribution in [2.45, 2.75) is 53.6 Å². The van der Waals surface area contributed by atoms with E-state index in [0.717, 1.165) is 33.5 Å². The van der Waals surface area contributed by atoms with Crippen molar-refractivity contribution >= 4 is 33.1 Å². The van der Waals surface area contributed by atoms with Crippen molar-refractivity contribution in [3.63, 3.8) is 0 Å². The minimum atomic E-state index is -0.568. The Hall–Kier alpha value is -2.14. The molecule has 2 heterocycles. The van der Waals surface area contributed by atoms with Crippen LogP contribution >= 0.6 is 11.3 Å². The Bertz CT molecular complexity index is 885. The number of ether oxygens (including phenoxy) is 2. The van der Waals surface area contributed by atoms with E-state index in [1.54, 1.807) is 19.4 Å². The summed E-state index contributed by atoms with van der Waals surface area (Å²) >= 11 is 1.36. The normalized spacial score (nSPS) is 12.0. The summed E-state index contributed by atoms with van der Waals surface area (Å²) in [6.07, 6.45) is 4.21. The molecule has 0 radical (unpaired) electrons. The van der Waals surface area contributed by atoms with E-state index in [9.17, 15) is 4.79 Å². The number of aromatic nitrogens is 1. The first-order valence-electron chi connectivity index (χ1n) is 8.65. The zero-order valence-corrected chi connectivity index (χ0v) is 17.5. The Balaban J connectivity index is 2.79. The van der Waals surface area contributed by atoms with Crippen LogP contribution in [-0.2, 0) is 15.9 Å². The summed E-state index contributed by atoms with van der Waals surface area (Å²) in [5.74, 6) is -0.349. The molecule has 0 unspecified atom stereocenters. The summed E-state index contributed by atoms with van der Waals surface area (Å²) < 4.78 is 10.7. The predicted octanol–water partition coefficient (Wildman–Crippen LogP) is 5.60. The first kappa shape index (κ1) is 20.2. The quantitative estimate of drug-likeness (QED) is 0.389. The van der Waals surface area contributed by atoms with Gasteiger partial charge < -0.3 is 9.47 Å². The van der Waals surface area contributed by atoms with E-state index in [0.29, 0.717) is 10.5 Å². The molecule has 2 aromatic rings. The van der Waals surface area contributed by atoms with E-state index in [-0.39, 0.29) is 5.97 Å². The lowest BCUT2D eigenvalue weighted by Gasteiger charge is -2.19. The van der Waals surface area contributed by atoms with E-state index in [4.69, 9.17) is 14.5 Å². The highest BCUT2D eigenvalue weighted by Crippen LogP contribution is 2.39. The minimum absolute atomic E-state index is 0.349. The topological polar surface area (TPSA) is 48.4 Å². The SMILES string of the molecule is C=C(/C=C\OC)c1c(C(=O)OC(C)(C)C)sc2nc(C)c(CC)c(C)c12. The number of thiophene rings is 1. The van der Waals surface area contributed by atoms with Crippen LogP contribution in [-0.4, -0.2) is 23.7 Å². The first-order valence-corrected chi connectivity index (χ1v) is 9.46. The minimum Gasteiger partial charge on any atom is -0.504 e. The molecular formula is C21H27NO3S. The van der Waals surface area contributed by atoms with Crippen LogP contribution in [0.2, 0.25) is 0 Å². The fraction of sp³-hybridized carbons (Fsp3) is 0.429. The largest absolute Gasteiger partial charge is 0.504 e. The number of hydrogen-bond acceptors (Lipinski definition) is 5. The Morgan fingerprint density at radius 2 is 1.96 bits per heavy atom. The lowest BCUT2D eigenvalue weighted by atomic mass is 9.96. The number of esters is 1. The zero-order chi connectivity index (χ0) is 19.6. The molecule has 26 heavy (non-hydrogen) atoms. The van der Waals surface area contributed by atoms with Crippen LogP contribution in [0, 0.1) is 13.8 Å². The summed E-state index contributed by atoms with van der Waals surface area (Å²) in [6.45, 7) is 15.9. The van der Waals surface area contributed by atoms with Gasteiger partial charge in [-0.25, -0.2) is 9.78 Å². The molecule has 0 aliphatic rings. The lowest BCUT2D eigenvalue weighted by Crippen LogP contribution is -2.23. The highest BCUT2D eigenvalue weighted by molar-refractivity contribution is 7.20. The Morgan fingerprint density at radius 3 is 2.50 bits per heavy atom. The fourth-order valence-corrected chi connectivity index (χ4v) is 4.21. The van der Waals surface area contributed by atoms with Gasteiger partial charge in [-0.2, -0.15) is 0 Å². The second kappa shape index (κ2) is 7.62. The smallest absolute Gasteiger partial charge is 0.349 e. The molecule has 0 bridgehead atoms. The molecule has 0 atom stereocenters. The second-order valence-corrected chi connectivity index (χ2v) is 8.21. The first-order chi connectivity index (χ1) is 12.1. The second-order valence-electron chi connectivity index (χ2n) is 7.21. The van der Waals surface area contributed by atoms with Gasteiger partial charge in [0.25, 0.3) is 0 Å². The van der Waals surface area contributed by atoms with E-state index in [1.165, 1.54) is 16.9 Å². The van der Waals surface area contributed by atoms with Gasteiger partial charge in [0.15, 0.2) is 0 Å². The third kappa shape index (κ3) is 3.98. The van der Waals surface area contributed by atoms with Crippen LogP contribution in [0.25, 0.3) is 15.8 Å². The number of rotatable bonds is 5. The molecule has 0 saturated heterocycles. The zero-order valence-electron chi connectivity index (χ0n) is 16.6. The number of aryl methyl sites for hydroxylation is 2. The molecule has 5 heteroatoms. The molecule has 2 aromatic heterocycles. The molecule has 0 spiro atoms. The third-order valence-electron chi connectivity index (χ3n) is 4.09. The van der Waals surface area contributed by atoms with Crippen molar-refractivity contribution in [2.24, 2.45) is 0 Å². The molecular weight excluding hydrogens is 346 g/mol. The van der Waals surface area contributed by atoms with Crippen molar-refractivity contribution < 1.29 is 14.3 Å². The number of carbonyl (C=O) groups is 1. The fourth-order valence-electron chi connectivity index (χ4n) is 3.02. The van der Waals surface area contributed by atoms with Gasteiger partial charge in [0, 0.05) is 16.6 Å². The van der Waals surface area contributed by atoms with Gasteiger partial charge in [-0.05, 0) is 63.8 Å². The Labute approximate surface area is 159 Å². The van der Waals surface area contributed by atoms with Gasteiger partial charge in [-0.3, -0.25) is 0 Å². The van der Waals surface area contributed by atoms with Gasteiger partial charge in [0.2, 0.25) is 0 Å². The van der Waals surface area contributed by atoms with E-state index < -0.39 is 5.60 Å². The molecule has 0 saturated carbocycles. The van der Waals surface area contributed by atoms with Gasteiger partial charge in [-0.15, -0.1) is 11.3 Å². The molecule has 0 fully saturated rings.